The molecule has 0 aromatic carbocycles. The van der Waals surface area contributed by atoms with Gasteiger partial charge in [0.15, 0.2) is 0 Å². The molecule has 1 fully saturated rings. The van der Waals surface area contributed by atoms with Crippen molar-refractivity contribution in [1.82, 2.24) is 28.8 Å². The largest absolute Gasteiger partial charge is 0.282 e. The molecule has 3 rings (SSSR count). The summed E-state index contributed by atoms with van der Waals surface area (Å²) in [6.45, 7) is 2.32. The van der Waals surface area contributed by atoms with Gasteiger partial charge in [-0.1, -0.05) is 0 Å². The van der Waals surface area contributed by atoms with E-state index < -0.39 is 10.2 Å². The monoisotopic (exact) mass is 336 g/mol. The number of rotatable bonds is 4. The molecule has 3 heterocycles. The molecule has 1 atom stereocenters. The van der Waals surface area contributed by atoms with Crippen LogP contribution in [0.15, 0.2) is 18.3 Å². The lowest BCUT2D eigenvalue weighted by molar-refractivity contribution is 0.357. The molecule has 1 aliphatic heterocycles. The Hall–Kier alpha value is -1.84. The van der Waals surface area contributed by atoms with E-state index in [4.69, 9.17) is 0 Å². The van der Waals surface area contributed by atoms with Gasteiger partial charge in [0.2, 0.25) is 0 Å². The van der Waals surface area contributed by atoms with Crippen LogP contribution < -0.4 is 0 Å². The molecule has 0 radical (unpaired) electrons. The maximum atomic E-state index is 12.5. The van der Waals surface area contributed by atoms with Crippen LogP contribution >= 0.6 is 0 Å². The second kappa shape index (κ2) is 5.99. The summed E-state index contributed by atoms with van der Waals surface area (Å²) < 4.78 is 27.8. The summed E-state index contributed by atoms with van der Waals surface area (Å²) in [6, 6.07) is 3.41. The SMILES string of the molecule is Cc1nc(-c2ccn[nH]2)cc([C@H]2CCCN2S(=O)(=O)N(C)C)n1. The van der Waals surface area contributed by atoms with Gasteiger partial charge in [0.1, 0.15) is 5.82 Å². The Labute approximate surface area is 135 Å². The first-order valence-corrected chi connectivity index (χ1v) is 8.84. The van der Waals surface area contributed by atoms with Crippen molar-refractivity contribution in [3.05, 3.63) is 29.8 Å². The molecule has 0 unspecified atom stereocenters. The summed E-state index contributed by atoms with van der Waals surface area (Å²) in [4.78, 5) is 8.89. The summed E-state index contributed by atoms with van der Waals surface area (Å²) >= 11 is 0. The van der Waals surface area contributed by atoms with Crippen molar-refractivity contribution in [2.75, 3.05) is 20.6 Å². The molecule has 0 amide bonds. The highest BCUT2D eigenvalue weighted by molar-refractivity contribution is 7.86. The van der Waals surface area contributed by atoms with Gasteiger partial charge in [0.05, 0.1) is 23.1 Å². The van der Waals surface area contributed by atoms with E-state index in [0.717, 1.165) is 29.9 Å². The summed E-state index contributed by atoms with van der Waals surface area (Å²) in [5.74, 6) is 0.612. The Bertz CT molecular complexity index is 788. The molecule has 1 N–H and O–H groups in total. The van der Waals surface area contributed by atoms with Crippen LogP contribution in [0.3, 0.4) is 0 Å². The number of hydrogen-bond donors (Lipinski definition) is 1. The number of aryl methyl sites for hydroxylation is 1. The van der Waals surface area contributed by atoms with Gasteiger partial charge in [-0.2, -0.15) is 22.1 Å². The third kappa shape index (κ3) is 2.99. The summed E-state index contributed by atoms with van der Waals surface area (Å²) in [5, 5.41) is 6.81. The molecule has 1 saturated heterocycles. The van der Waals surface area contributed by atoms with E-state index in [2.05, 4.69) is 20.2 Å². The van der Waals surface area contributed by atoms with E-state index in [0.29, 0.717) is 12.4 Å². The van der Waals surface area contributed by atoms with Crippen molar-refractivity contribution in [3.63, 3.8) is 0 Å². The van der Waals surface area contributed by atoms with Gasteiger partial charge in [0.25, 0.3) is 10.2 Å². The summed E-state index contributed by atoms with van der Waals surface area (Å²) in [5.41, 5.74) is 2.24. The fraction of sp³-hybridized carbons (Fsp3) is 0.500. The Morgan fingerprint density at radius 1 is 1.35 bits per heavy atom. The van der Waals surface area contributed by atoms with Gasteiger partial charge in [-0.15, -0.1) is 0 Å². The van der Waals surface area contributed by atoms with Crippen LogP contribution in [0.1, 0.15) is 30.4 Å². The molecule has 0 aliphatic carbocycles. The zero-order valence-corrected chi connectivity index (χ0v) is 14.2. The average molecular weight is 336 g/mol. The van der Waals surface area contributed by atoms with Crippen molar-refractivity contribution in [2.45, 2.75) is 25.8 Å². The minimum Gasteiger partial charge on any atom is -0.276 e. The third-order valence-electron chi connectivity index (χ3n) is 3.94. The van der Waals surface area contributed by atoms with Crippen molar-refractivity contribution >= 4 is 10.2 Å². The predicted octanol–water partition coefficient (Wildman–Crippen LogP) is 1.12. The Balaban J connectivity index is 2.01. The van der Waals surface area contributed by atoms with E-state index in [-0.39, 0.29) is 6.04 Å². The molecule has 8 nitrogen and oxygen atoms in total. The fourth-order valence-corrected chi connectivity index (χ4v) is 4.13. The highest BCUT2D eigenvalue weighted by atomic mass is 32.2. The zero-order chi connectivity index (χ0) is 16.6. The maximum absolute atomic E-state index is 12.5. The third-order valence-corrected chi connectivity index (χ3v) is 5.89. The Morgan fingerprint density at radius 2 is 2.13 bits per heavy atom. The normalized spacial score (nSPS) is 19.6. The molecule has 2 aromatic heterocycles. The second-order valence-corrected chi connectivity index (χ2v) is 7.85. The smallest absolute Gasteiger partial charge is 0.276 e. The minimum atomic E-state index is -3.47. The highest BCUT2D eigenvalue weighted by Crippen LogP contribution is 2.34. The van der Waals surface area contributed by atoms with Gasteiger partial charge in [-0.25, -0.2) is 9.97 Å². The lowest BCUT2D eigenvalue weighted by Crippen LogP contribution is -2.39. The van der Waals surface area contributed by atoms with Crippen LogP contribution in [-0.2, 0) is 10.2 Å². The maximum Gasteiger partial charge on any atom is 0.282 e. The highest BCUT2D eigenvalue weighted by Gasteiger charge is 2.37. The zero-order valence-electron chi connectivity index (χ0n) is 13.4. The average Bonchev–Trinajstić information content (AvgIpc) is 3.18. The van der Waals surface area contributed by atoms with Gasteiger partial charge in [-0.3, -0.25) is 5.10 Å². The van der Waals surface area contributed by atoms with Crippen LogP contribution in [0.2, 0.25) is 0 Å². The van der Waals surface area contributed by atoms with Crippen molar-refractivity contribution in [1.29, 1.82) is 0 Å². The standard InChI is InChI=1S/C14H20N6O2S/c1-10-16-12(11-6-7-15-18-11)9-13(17-10)14-5-4-8-20(14)23(21,22)19(2)3/h6-7,9,14H,4-5,8H2,1-3H3,(H,15,18)/t14-/m1/s1. The van der Waals surface area contributed by atoms with Crippen molar-refractivity contribution < 1.29 is 8.42 Å². The topological polar surface area (TPSA) is 95.1 Å². The molecule has 2 aromatic rings. The molecule has 0 saturated carbocycles. The molecular formula is C14H20N6O2S. The number of aromatic nitrogens is 4. The van der Waals surface area contributed by atoms with E-state index in [1.165, 1.54) is 8.61 Å². The number of aromatic amines is 1. The van der Waals surface area contributed by atoms with Crippen LogP contribution in [0.25, 0.3) is 11.4 Å². The molecule has 0 spiro atoms. The summed E-state index contributed by atoms with van der Waals surface area (Å²) in [6.07, 6.45) is 3.23. The van der Waals surface area contributed by atoms with Crippen molar-refractivity contribution in [2.24, 2.45) is 0 Å². The first kappa shape index (κ1) is 16.0. The fourth-order valence-electron chi connectivity index (χ4n) is 2.82. The lowest BCUT2D eigenvalue weighted by Gasteiger charge is -2.26. The van der Waals surface area contributed by atoms with Gasteiger partial charge < -0.3 is 0 Å². The molecule has 124 valence electrons. The van der Waals surface area contributed by atoms with Gasteiger partial charge in [-0.05, 0) is 31.9 Å². The molecule has 23 heavy (non-hydrogen) atoms. The first-order chi connectivity index (χ1) is 10.9. The lowest BCUT2D eigenvalue weighted by atomic mass is 10.1. The van der Waals surface area contributed by atoms with E-state index in [1.807, 2.05) is 19.1 Å². The Kier molecular flexibility index (Phi) is 4.17. The molecular weight excluding hydrogens is 316 g/mol. The van der Waals surface area contributed by atoms with E-state index in [1.54, 1.807) is 20.3 Å². The molecule has 0 bridgehead atoms. The number of H-pyrrole nitrogens is 1. The number of hydrogen-bond acceptors (Lipinski definition) is 5. The minimum absolute atomic E-state index is 0.259. The van der Waals surface area contributed by atoms with Gasteiger partial charge in [0, 0.05) is 26.8 Å². The Morgan fingerprint density at radius 3 is 2.78 bits per heavy atom. The van der Waals surface area contributed by atoms with Crippen LogP contribution in [0.4, 0.5) is 0 Å². The van der Waals surface area contributed by atoms with Gasteiger partial charge >= 0.3 is 0 Å². The number of nitrogens with one attached hydrogen (secondary N) is 1. The predicted molar refractivity (Wildman–Crippen MR) is 85.6 cm³/mol. The number of nitrogens with zero attached hydrogens (tertiary/aromatic N) is 5. The van der Waals surface area contributed by atoms with Crippen LogP contribution in [-0.4, -0.2) is 57.8 Å². The van der Waals surface area contributed by atoms with E-state index >= 15 is 0 Å². The van der Waals surface area contributed by atoms with Crippen molar-refractivity contribution in [3.8, 4) is 11.4 Å². The first-order valence-electron chi connectivity index (χ1n) is 7.44. The summed E-state index contributed by atoms with van der Waals surface area (Å²) in [7, 11) is -0.372. The second-order valence-electron chi connectivity index (χ2n) is 5.75. The van der Waals surface area contributed by atoms with Crippen LogP contribution in [0.5, 0.6) is 0 Å². The van der Waals surface area contributed by atoms with E-state index in [9.17, 15) is 8.42 Å². The quantitative estimate of drug-likeness (QED) is 0.903. The van der Waals surface area contributed by atoms with Crippen LogP contribution in [0, 0.1) is 6.92 Å². The molecule has 1 aliphatic rings. The molecule has 9 heteroatoms.